The summed E-state index contributed by atoms with van der Waals surface area (Å²) in [6, 6.07) is 0. The summed E-state index contributed by atoms with van der Waals surface area (Å²) in [4.78, 5) is 13.2. The third-order valence-electron chi connectivity index (χ3n) is 10.6. The van der Waals surface area contributed by atoms with Gasteiger partial charge >= 0.3 is 0 Å². The Labute approximate surface area is 202 Å². The fourth-order valence-corrected chi connectivity index (χ4v) is 8.25. The Morgan fingerprint density at radius 2 is 1.68 bits per heavy atom. The summed E-state index contributed by atoms with van der Waals surface area (Å²) in [7, 11) is 0. The van der Waals surface area contributed by atoms with Crippen molar-refractivity contribution in [3.63, 3.8) is 0 Å². The average molecular weight is 481 g/mol. The maximum absolute atomic E-state index is 13.2. The van der Waals surface area contributed by atoms with Crippen LogP contribution in [0.1, 0.15) is 86.0 Å². The second kappa shape index (κ2) is 8.09. The molecule has 0 spiro atoms. The third kappa shape index (κ3) is 3.82. The number of hydrogen-bond acceptors (Lipinski definition) is 7. The highest BCUT2D eigenvalue weighted by atomic mass is 16.5. The third-order valence-corrected chi connectivity index (χ3v) is 10.6. The van der Waals surface area contributed by atoms with Crippen LogP contribution in [-0.2, 0) is 4.79 Å². The Balaban J connectivity index is 1.65. The fourth-order valence-electron chi connectivity index (χ4n) is 8.25. The van der Waals surface area contributed by atoms with E-state index in [1.165, 1.54) is 0 Å². The molecule has 4 aliphatic rings. The van der Waals surface area contributed by atoms with E-state index < -0.39 is 45.9 Å². The standard InChI is InChI=1S/C27H44O7/c1-15(27(33,34)11-10-23(2,3)31)16-7-9-26(32)18-12-20(28)19-13-21(29)22(30)14-24(19,4)17(18)6-8-25(16,26)5/h12,15-17,19,21-22,29-34H,6-11,13-14H2,1-5H3/t15?,16-,17?,19+,21-,22+,24-,25-,26-/m1/s1. The monoisotopic (exact) mass is 480 g/mol. The van der Waals surface area contributed by atoms with Gasteiger partial charge in [-0.3, -0.25) is 4.79 Å². The van der Waals surface area contributed by atoms with Crippen LogP contribution in [0.3, 0.4) is 0 Å². The lowest BCUT2D eigenvalue weighted by molar-refractivity contribution is -0.231. The number of carbonyl (C=O) groups excluding carboxylic acids is 1. The van der Waals surface area contributed by atoms with Crippen LogP contribution in [0.5, 0.6) is 0 Å². The molecule has 0 radical (unpaired) electrons. The molecule has 4 rings (SSSR count). The minimum atomic E-state index is -1.98. The van der Waals surface area contributed by atoms with Gasteiger partial charge in [-0.1, -0.05) is 20.8 Å². The average Bonchev–Trinajstić information content (AvgIpc) is 2.99. The fraction of sp³-hybridized carbons (Fsp3) is 0.889. The normalized spacial score (nSPS) is 45.8. The van der Waals surface area contributed by atoms with E-state index in [0.717, 1.165) is 12.0 Å². The largest absolute Gasteiger partial charge is 0.390 e. The van der Waals surface area contributed by atoms with Gasteiger partial charge < -0.3 is 30.6 Å². The van der Waals surface area contributed by atoms with Gasteiger partial charge in [0, 0.05) is 23.7 Å². The second-order valence-electron chi connectivity index (χ2n) is 13.1. The summed E-state index contributed by atoms with van der Waals surface area (Å²) < 4.78 is 0. The molecular formula is C27H44O7. The minimum Gasteiger partial charge on any atom is -0.390 e. The Kier molecular flexibility index (Phi) is 6.24. The van der Waals surface area contributed by atoms with Gasteiger partial charge in [-0.2, -0.15) is 0 Å². The highest BCUT2D eigenvalue weighted by Gasteiger charge is 2.67. The van der Waals surface area contributed by atoms with Gasteiger partial charge in [0.15, 0.2) is 11.6 Å². The van der Waals surface area contributed by atoms with Crippen molar-refractivity contribution in [3.8, 4) is 0 Å². The lowest BCUT2D eigenvalue weighted by Crippen LogP contribution is -2.61. The zero-order valence-electron chi connectivity index (χ0n) is 21.3. The summed E-state index contributed by atoms with van der Waals surface area (Å²) in [6.07, 6.45) is 3.15. The number of allylic oxidation sites excluding steroid dienone is 1. The quantitative estimate of drug-likeness (QED) is 0.331. The van der Waals surface area contributed by atoms with E-state index in [2.05, 4.69) is 0 Å². The molecule has 9 atom stereocenters. The summed E-state index contributed by atoms with van der Waals surface area (Å²) in [5, 5.41) is 64.9. The Hall–Kier alpha value is -0.830. The summed E-state index contributed by atoms with van der Waals surface area (Å²) in [6.45, 7) is 9.14. The number of aliphatic hydroxyl groups is 6. The van der Waals surface area contributed by atoms with Crippen molar-refractivity contribution in [1.29, 1.82) is 0 Å². The molecule has 0 saturated heterocycles. The van der Waals surface area contributed by atoms with Crippen molar-refractivity contribution in [2.45, 2.75) is 115 Å². The van der Waals surface area contributed by atoms with Crippen molar-refractivity contribution in [2.24, 2.45) is 34.5 Å². The Morgan fingerprint density at radius 3 is 2.29 bits per heavy atom. The van der Waals surface area contributed by atoms with E-state index in [9.17, 15) is 35.4 Å². The van der Waals surface area contributed by atoms with Crippen LogP contribution in [-0.4, -0.2) is 65.6 Å². The van der Waals surface area contributed by atoms with E-state index in [1.54, 1.807) is 19.9 Å². The molecule has 6 N–H and O–H groups in total. The molecule has 3 fully saturated rings. The predicted molar refractivity (Wildman–Crippen MR) is 126 cm³/mol. The van der Waals surface area contributed by atoms with Gasteiger partial charge in [0.2, 0.25) is 0 Å². The smallest absolute Gasteiger partial charge is 0.165 e. The molecule has 0 aliphatic heterocycles. The molecule has 7 heteroatoms. The van der Waals surface area contributed by atoms with Crippen LogP contribution in [0.25, 0.3) is 0 Å². The molecule has 0 aromatic rings. The van der Waals surface area contributed by atoms with Crippen molar-refractivity contribution in [1.82, 2.24) is 0 Å². The topological polar surface area (TPSA) is 138 Å². The van der Waals surface area contributed by atoms with Crippen molar-refractivity contribution in [2.75, 3.05) is 0 Å². The van der Waals surface area contributed by atoms with Gasteiger partial charge in [0.25, 0.3) is 0 Å². The van der Waals surface area contributed by atoms with Gasteiger partial charge in [-0.05, 0) is 87.7 Å². The number of carbonyl (C=O) groups is 1. The predicted octanol–water partition coefficient (Wildman–Crippen LogP) is 2.06. The molecule has 4 aliphatic carbocycles. The van der Waals surface area contributed by atoms with E-state index in [-0.39, 0.29) is 42.8 Å². The molecule has 2 unspecified atom stereocenters. The SMILES string of the molecule is CC([C@H]1CC[C@@]2(O)C3=CC(=O)[C@@H]4C[C@@H](O)[C@@H](O)C[C@]4(C)C3CC[C@]12C)C(O)(O)CCC(C)(C)O. The van der Waals surface area contributed by atoms with Crippen molar-refractivity contribution >= 4 is 5.78 Å². The van der Waals surface area contributed by atoms with Crippen LogP contribution < -0.4 is 0 Å². The number of fused-ring (bicyclic) bond motifs is 5. The number of rotatable bonds is 5. The van der Waals surface area contributed by atoms with Crippen LogP contribution in [0, 0.1) is 34.5 Å². The second-order valence-corrected chi connectivity index (χ2v) is 13.1. The zero-order valence-corrected chi connectivity index (χ0v) is 21.3. The number of aliphatic hydroxyl groups excluding tert-OH is 2. The summed E-state index contributed by atoms with van der Waals surface area (Å²) >= 11 is 0. The molecule has 0 amide bonds. The Bertz CT molecular complexity index is 860. The van der Waals surface area contributed by atoms with E-state index in [4.69, 9.17) is 0 Å². The number of ketones is 1. The van der Waals surface area contributed by atoms with Crippen LogP contribution in [0.4, 0.5) is 0 Å². The molecule has 194 valence electrons. The molecule has 0 bridgehead atoms. The first-order chi connectivity index (χ1) is 15.5. The summed E-state index contributed by atoms with van der Waals surface area (Å²) in [5.41, 5.74) is -2.65. The molecule has 34 heavy (non-hydrogen) atoms. The molecule has 7 nitrogen and oxygen atoms in total. The lowest BCUT2D eigenvalue weighted by atomic mass is 9.45. The van der Waals surface area contributed by atoms with Gasteiger partial charge in [-0.15, -0.1) is 0 Å². The lowest BCUT2D eigenvalue weighted by Gasteiger charge is -2.60. The first-order valence-electron chi connectivity index (χ1n) is 13.0. The van der Waals surface area contributed by atoms with E-state index in [0.29, 0.717) is 25.7 Å². The summed E-state index contributed by atoms with van der Waals surface area (Å²) in [5.74, 6) is -3.19. The van der Waals surface area contributed by atoms with Gasteiger partial charge in [0.1, 0.15) is 0 Å². The minimum absolute atomic E-state index is 0.0342. The van der Waals surface area contributed by atoms with Gasteiger partial charge in [-0.25, -0.2) is 0 Å². The first-order valence-corrected chi connectivity index (χ1v) is 13.0. The van der Waals surface area contributed by atoms with Crippen molar-refractivity contribution < 1.29 is 35.4 Å². The first kappa shape index (κ1) is 26.2. The molecule has 0 aromatic carbocycles. The highest BCUT2D eigenvalue weighted by molar-refractivity contribution is 5.95. The maximum Gasteiger partial charge on any atom is 0.165 e. The van der Waals surface area contributed by atoms with E-state index in [1.807, 2.05) is 20.8 Å². The van der Waals surface area contributed by atoms with Crippen LogP contribution in [0.2, 0.25) is 0 Å². The highest BCUT2D eigenvalue weighted by Crippen LogP contribution is 2.68. The molecule has 0 heterocycles. The Morgan fingerprint density at radius 1 is 1.03 bits per heavy atom. The molecule has 3 saturated carbocycles. The maximum atomic E-state index is 13.2. The molecular weight excluding hydrogens is 436 g/mol. The van der Waals surface area contributed by atoms with Crippen LogP contribution in [0.15, 0.2) is 11.6 Å². The molecule has 0 aromatic heterocycles. The van der Waals surface area contributed by atoms with Gasteiger partial charge in [0.05, 0.1) is 23.4 Å². The zero-order chi connectivity index (χ0) is 25.5. The number of hydrogen-bond donors (Lipinski definition) is 6. The van der Waals surface area contributed by atoms with Crippen LogP contribution >= 0.6 is 0 Å². The van der Waals surface area contributed by atoms with E-state index >= 15 is 0 Å². The van der Waals surface area contributed by atoms with Crippen molar-refractivity contribution in [3.05, 3.63) is 11.6 Å².